The van der Waals surface area contributed by atoms with Crippen LogP contribution >= 0.6 is 0 Å². The number of imidazole rings is 1. The minimum Gasteiger partial charge on any atom is -0.345 e. The molecule has 23 heavy (non-hydrogen) atoms. The number of sulfonamides is 1. The molecule has 1 heterocycles. The van der Waals surface area contributed by atoms with E-state index in [1.807, 2.05) is 6.07 Å². The van der Waals surface area contributed by atoms with Crippen LogP contribution in [0, 0.1) is 12.7 Å². The van der Waals surface area contributed by atoms with Gasteiger partial charge in [-0.1, -0.05) is 12.1 Å². The van der Waals surface area contributed by atoms with Gasteiger partial charge in [-0.3, -0.25) is 4.72 Å². The summed E-state index contributed by atoms with van der Waals surface area (Å²) in [5.41, 5.74) is 1.51. The number of halogens is 1. The van der Waals surface area contributed by atoms with Crippen molar-refractivity contribution in [1.29, 1.82) is 0 Å². The Balaban J connectivity index is 1.93. The highest BCUT2D eigenvalue weighted by atomic mass is 32.2. The predicted molar refractivity (Wildman–Crippen MR) is 86.0 cm³/mol. The van der Waals surface area contributed by atoms with Crippen molar-refractivity contribution in [1.82, 2.24) is 9.97 Å². The summed E-state index contributed by atoms with van der Waals surface area (Å²) in [6.07, 6.45) is 3.31. The number of benzene rings is 2. The number of hydrogen-bond acceptors (Lipinski definition) is 3. The molecule has 3 aromatic rings. The van der Waals surface area contributed by atoms with E-state index < -0.39 is 15.8 Å². The Morgan fingerprint density at radius 3 is 2.70 bits per heavy atom. The van der Waals surface area contributed by atoms with Gasteiger partial charge in [0.2, 0.25) is 0 Å². The van der Waals surface area contributed by atoms with Crippen LogP contribution in [0.5, 0.6) is 0 Å². The molecular weight excluding hydrogens is 317 g/mol. The van der Waals surface area contributed by atoms with Crippen LogP contribution in [0.4, 0.5) is 10.1 Å². The van der Waals surface area contributed by atoms with E-state index in [-0.39, 0.29) is 4.90 Å². The zero-order chi connectivity index (χ0) is 16.4. The molecule has 0 spiro atoms. The maximum Gasteiger partial charge on any atom is 0.262 e. The lowest BCUT2D eigenvalue weighted by Crippen LogP contribution is -2.14. The van der Waals surface area contributed by atoms with Crippen LogP contribution in [0.1, 0.15) is 5.56 Å². The Bertz CT molecular complexity index is 938. The maximum absolute atomic E-state index is 13.1. The monoisotopic (exact) mass is 331 g/mol. The van der Waals surface area contributed by atoms with Gasteiger partial charge < -0.3 is 4.98 Å². The van der Waals surface area contributed by atoms with Gasteiger partial charge >= 0.3 is 0 Å². The molecule has 3 rings (SSSR count). The van der Waals surface area contributed by atoms with Crippen molar-refractivity contribution in [2.75, 3.05) is 4.72 Å². The summed E-state index contributed by atoms with van der Waals surface area (Å²) in [7, 11) is -3.79. The average Bonchev–Trinajstić information content (AvgIpc) is 3.00. The highest BCUT2D eigenvalue weighted by molar-refractivity contribution is 7.92. The van der Waals surface area contributed by atoms with E-state index in [2.05, 4.69) is 14.7 Å². The fourth-order valence-corrected chi connectivity index (χ4v) is 3.55. The summed E-state index contributed by atoms with van der Waals surface area (Å²) in [6, 6.07) is 10.4. The third-order valence-electron chi connectivity index (χ3n) is 3.31. The zero-order valence-corrected chi connectivity index (χ0v) is 13.1. The van der Waals surface area contributed by atoms with E-state index in [1.165, 1.54) is 12.1 Å². The molecule has 0 amide bonds. The topological polar surface area (TPSA) is 74.8 Å². The Hall–Kier alpha value is -2.67. The number of nitrogens with zero attached hydrogens (tertiary/aromatic N) is 1. The highest BCUT2D eigenvalue weighted by Gasteiger charge is 2.17. The first-order valence-electron chi connectivity index (χ1n) is 6.84. The van der Waals surface area contributed by atoms with Crippen LogP contribution in [0.2, 0.25) is 0 Å². The lowest BCUT2D eigenvalue weighted by molar-refractivity contribution is 0.598. The molecule has 2 aromatic carbocycles. The average molecular weight is 331 g/mol. The van der Waals surface area contributed by atoms with E-state index in [9.17, 15) is 12.8 Å². The number of rotatable bonds is 4. The molecule has 5 nitrogen and oxygen atoms in total. The van der Waals surface area contributed by atoms with E-state index in [0.29, 0.717) is 17.1 Å². The van der Waals surface area contributed by atoms with Gasteiger partial charge in [0.1, 0.15) is 11.6 Å². The smallest absolute Gasteiger partial charge is 0.262 e. The van der Waals surface area contributed by atoms with Gasteiger partial charge in [0.25, 0.3) is 10.0 Å². The minimum atomic E-state index is -3.79. The standard InChI is InChI=1S/C16H14FN3O2S/c1-11-9-13(17)5-6-15(11)23(21,22)20-14-4-2-3-12(10-14)16-18-7-8-19-16/h2-10,20H,1H3,(H,18,19). The van der Waals surface area contributed by atoms with E-state index in [0.717, 1.165) is 11.6 Å². The van der Waals surface area contributed by atoms with E-state index in [1.54, 1.807) is 37.5 Å². The van der Waals surface area contributed by atoms with Crippen molar-refractivity contribution in [3.63, 3.8) is 0 Å². The van der Waals surface area contributed by atoms with E-state index >= 15 is 0 Å². The molecule has 0 aliphatic carbocycles. The number of H-pyrrole nitrogens is 1. The first kappa shape index (κ1) is 15.2. The predicted octanol–water partition coefficient (Wildman–Crippen LogP) is 3.33. The van der Waals surface area contributed by atoms with Crippen molar-refractivity contribution < 1.29 is 12.8 Å². The molecule has 2 N–H and O–H groups in total. The number of aryl methyl sites for hydroxylation is 1. The molecule has 0 aliphatic heterocycles. The Kier molecular flexibility index (Phi) is 3.87. The van der Waals surface area contributed by atoms with Crippen molar-refractivity contribution in [2.24, 2.45) is 0 Å². The first-order chi connectivity index (χ1) is 11.0. The molecule has 0 saturated carbocycles. The van der Waals surface area contributed by atoms with Crippen molar-refractivity contribution in [2.45, 2.75) is 11.8 Å². The maximum atomic E-state index is 13.1. The first-order valence-corrected chi connectivity index (χ1v) is 8.33. The Morgan fingerprint density at radius 1 is 1.17 bits per heavy atom. The number of anilines is 1. The second-order valence-corrected chi connectivity index (χ2v) is 6.68. The summed E-state index contributed by atoms with van der Waals surface area (Å²) < 4.78 is 40.6. The van der Waals surface area contributed by atoms with Gasteiger partial charge in [0.15, 0.2) is 0 Å². The normalized spacial score (nSPS) is 11.4. The third kappa shape index (κ3) is 3.24. The summed E-state index contributed by atoms with van der Waals surface area (Å²) in [5, 5.41) is 0. The van der Waals surface area contributed by atoms with Crippen LogP contribution in [0.15, 0.2) is 59.8 Å². The molecule has 0 atom stereocenters. The quantitative estimate of drug-likeness (QED) is 0.770. The summed E-state index contributed by atoms with van der Waals surface area (Å²) >= 11 is 0. The van der Waals surface area contributed by atoms with Gasteiger partial charge in [-0.25, -0.2) is 17.8 Å². The van der Waals surface area contributed by atoms with Crippen LogP contribution in [0.25, 0.3) is 11.4 Å². The fraction of sp³-hybridized carbons (Fsp3) is 0.0625. The lowest BCUT2D eigenvalue weighted by atomic mass is 10.2. The molecular formula is C16H14FN3O2S. The lowest BCUT2D eigenvalue weighted by Gasteiger charge is -2.11. The van der Waals surface area contributed by atoms with Crippen LogP contribution < -0.4 is 4.72 Å². The molecule has 0 unspecified atom stereocenters. The van der Waals surface area contributed by atoms with Crippen molar-refractivity contribution >= 4 is 15.7 Å². The summed E-state index contributed by atoms with van der Waals surface area (Å²) in [5.74, 6) is 0.172. The van der Waals surface area contributed by atoms with Gasteiger partial charge in [-0.15, -0.1) is 0 Å². The molecule has 1 aromatic heterocycles. The molecule has 0 saturated heterocycles. The SMILES string of the molecule is Cc1cc(F)ccc1S(=O)(=O)Nc1cccc(-c2ncc[nH]2)c1. The van der Waals surface area contributed by atoms with Gasteiger partial charge in [-0.2, -0.15) is 0 Å². The second kappa shape index (κ2) is 5.85. The minimum absolute atomic E-state index is 0.0438. The Labute approximate surface area is 133 Å². The Morgan fingerprint density at radius 2 is 2.00 bits per heavy atom. The summed E-state index contributed by atoms with van der Waals surface area (Å²) in [4.78, 5) is 7.14. The number of aromatic nitrogens is 2. The molecule has 0 bridgehead atoms. The largest absolute Gasteiger partial charge is 0.345 e. The highest BCUT2D eigenvalue weighted by Crippen LogP contribution is 2.23. The zero-order valence-electron chi connectivity index (χ0n) is 12.2. The molecule has 0 fully saturated rings. The van der Waals surface area contributed by atoms with Gasteiger partial charge in [0, 0.05) is 23.6 Å². The molecule has 118 valence electrons. The third-order valence-corrected chi connectivity index (χ3v) is 4.85. The molecule has 0 aliphatic rings. The van der Waals surface area contributed by atoms with E-state index in [4.69, 9.17) is 0 Å². The number of aromatic amines is 1. The van der Waals surface area contributed by atoms with Crippen LogP contribution in [-0.4, -0.2) is 18.4 Å². The number of hydrogen-bond donors (Lipinski definition) is 2. The fourth-order valence-electron chi connectivity index (χ4n) is 2.28. The van der Waals surface area contributed by atoms with Crippen LogP contribution in [-0.2, 0) is 10.0 Å². The van der Waals surface area contributed by atoms with Crippen LogP contribution in [0.3, 0.4) is 0 Å². The van der Waals surface area contributed by atoms with Crippen molar-refractivity contribution in [3.8, 4) is 11.4 Å². The summed E-state index contributed by atoms with van der Waals surface area (Å²) in [6.45, 7) is 1.55. The van der Waals surface area contributed by atoms with Gasteiger partial charge in [-0.05, 0) is 42.8 Å². The number of nitrogens with one attached hydrogen (secondary N) is 2. The molecule has 7 heteroatoms. The van der Waals surface area contributed by atoms with Gasteiger partial charge in [0.05, 0.1) is 4.90 Å². The molecule has 0 radical (unpaired) electrons. The van der Waals surface area contributed by atoms with Crippen molar-refractivity contribution in [3.05, 3.63) is 66.2 Å². The second-order valence-electron chi connectivity index (χ2n) is 5.03.